The summed E-state index contributed by atoms with van der Waals surface area (Å²) in [5.74, 6) is 0.989. The van der Waals surface area contributed by atoms with Gasteiger partial charge in [0.15, 0.2) is 5.82 Å². The lowest BCUT2D eigenvalue weighted by atomic mass is 10.0. The first-order valence-electron chi connectivity index (χ1n) is 30.6. The average Bonchev–Trinajstić information content (AvgIpc) is 1.63. The van der Waals surface area contributed by atoms with Crippen LogP contribution in [0.5, 0.6) is 0 Å². The molecule has 0 bridgehead atoms. The Bertz CT molecular complexity index is 5910. The molecule has 0 aliphatic rings. The van der Waals surface area contributed by atoms with Gasteiger partial charge in [0.1, 0.15) is 0 Å². The smallest absolute Gasteiger partial charge is 0.155 e. The number of para-hydroxylation sites is 6. The maximum absolute atomic E-state index is 4.99. The predicted molar refractivity (Wildman–Crippen MR) is 385 cm³/mol. The van der Waals surface area contributed by atoms with E-state index in [1.165, 1.54) is 167 Å². The highest BCUT2D eigenvalue weighted by Gasteiger charge is 2.22. The molecule has 20 aromatic rings. The zero-order valence-corrected chi connectivity index (χ0v) is 50.1. The van der Waals surface area contributed by atoms with E-state index in [4.69, 9.17) is 4.98 Å². The van der Waals surface area contributed by atoms with E-state index < -0.39 is 0 Å². The minimum atomic E-state index is 0.989. The van der Waals surface area contributed by atoms with Crippen LogP contribution in [0.2, 0.25) is 0 Å². The highest BCUT2D eigenvalue weighted by atomic mass is 32.1. The fourth-order valence-electron chi connectivity index (χ4n) is 14.5. The number of hydrogen-bond donors (Lipinski definition) is 0. The first-order valence-corrected chi connectivity index (χ1v) is 32.2. The van der Waals surface area contributed by atoms with Crippen LogP contribution < -0.4 is 0 Å². The van der Waals surface area contributed by atoms with Crippen molar-refractivity contribution in [2.75, 3.05) is 0 Å². The summed E-state index contributed by atoms with van der Waals surface area (Å²) < 4.78 is 14.7. The topological polar surface area (TPSA) is 32.6 Å². The fraction of sp³-hybridized carbons (Fsp3) is 0. The quantitative estimate of drug-likeness (QED) is 0.163. The Balaban J connectivity index is 0.000000130. The summed E-state index contributed by atoms with van der Waals surface area (Å²) >= 11 is 3.70. The van der Waals surface area contributed by atoms with Crippen LogP contribution in [0.1, 0.15) is 0 Å². The third-order valence-electron chi connectivity index (χ3n) is 18.5. The molecule has 0 amide bonds. The van der Waals surface area contributed by atoms with Gasteiger partial charge in [-0.3, -0.25) is 4.57 Å². The maximum Gasteiger partial charge on any atom is 0.155 e. The zero-order chi connectivity index (χ0) is 59.0. The summed E-state index contributed by atoms with van der Waals surface area (Å²) in [7, 11) is 0. The third kappa shape index (κ3) is 7.70. The molecule has 20 rings (SSSR count). The molecule has 0 aliphatic heterocycles. The Labute approximate surface area is 524 Å². The summed E-state index contributed by atoms with van der Waals surface area (Å²) in [6, 6.07) is 110. The number of hydrogen-bond acceptors (Lipinski definition) is 3. The van der Waals surface area contributed by atoms with Gasteiger partial charge in [0.25, 0.3) is 0 Å². The number of benzene rings is 13. The highest BCUT2D eigenvalue weighted by molar-refractivity contribution is 7.26. The molecule has 13 aromatic carbocycles. The normalized spacial score (nSPS) is 12.0. The minimum absolute atomic E-state index is 0.989. The van der Waals surface area contributed by atoms with Crippen molar-refractivity contribution < 1.29 is 0 Å². The van der Waals surface area contributed by atoms with Gasteiger partial charge in [-0.25, -0.2) is 4.98 Å². The molecule has 0 unspecified atom stereocenters. The molecule has 7 heteroatoms. The van der Waals surface area contributed by atoms with Crippen LogP contribution in [-0.2, 0) is 0 Å². The molecule has 0 atom stereocenters. The second kappa shape index (κ2) is 20.1. The van der Waals surface area contributed by atoms with Crippen molar-refractivity contribution >= 4 is 150 Å². The number of rotatable bonds is 6. The fourth-order valence-corrected chi connectivity index (χ4v) is 16.9. The number of aromatic nitrogens is 5. The Hall–Kier alpha value is -11.4. The minimum Gasteiger partial charge on any atom is -0.309 e. The molecule has 0 N–H and O–H groups in total. The Morgan fingerprint density at radius 2 is 0.556 bits per heavy atom. The van der Waals surface area contributed by atoms with Crippen LogP contribution in [-0.4, -0.2) is 23.3 Å². The molecule has 7 aromatic heterocycles. The monoisotopic (exact) mass is 1180 g/mol. The van der Waals surface area contributed by atoms with Crippen molar-refractivity contribution in [3.8, 4) is 45.1 Å². The largest absolute Gasteiger partial charge is 0.309 e. The van der Waals surface area contributed by atoms with Gasteiger partial charge in [-0.15, -0.1) is 22.7 Å². The first-order chi connectivity index (χ1) is 44.7. The van der Waals surface area contributed by atoms with E-state index in [9.17, 15) is 0 Å². The van der Waals surface area contributed by atoms with Gasteiger partial charge < -0.3 is 13.7 Å². The highest BCUT2D eigenvalue weighted by Crippen LogP contribution is 2.45. The molecule has 0 saturated heterocycles. The number of nitrogens with zero attached hydrogens (tertiary/aromatic N) is 5. The van der Waals surface area contributed by atoms with Crippen LogP contribution >= 0.6 is 22.7 Å². The van der Waals surface area contributed by atoms with Crippen LogP contribution in [0.3, 0.4) is 0 Å². The van der Waals surface area contributed by atoms with Gasteiger partial charge in [-0.1, -0.05) is 182 Å². The standard InChI is InChI=1S/C42H26N2S.C41H25N3S/c1-2-11-29(12-3-1)43-36-17-7-4-13-30(36)34-25-27(21-23-38(34)43)28-22-24-39-35(26-28)31-14-5-8-18-37(31)44(39)40-19-10-16-33-32-15-6-9-20-41(32)45-42(33)40;1-2-10-28(11-3-1)43-35-15-7-4-12-29(35)33-24-26(18-20-37(33)43)27-19-21-38-34(25-27)30-13-5-8-16-36(30)44(38)41-40-32(22-23-42-41)31-14-6-9-17-39(31)45-40/h1-26H;1-25H. The molecular formula is C83H51N5S2. The van der Waals surface area contributed by atoms with Crippen LogP contribution in [0.15, 0.2) is 310 Å². The van der Waals surface area contributed by atoms with Gasteiger partial charge in [0.2, 0.25) is 0 Å². The van der Waals surface area contributed by atoms with E-state index in [1.807, 2.05) is 28.9 Å². The van der Waals surface area contributed by atoms with Gasteiger partial charge in [-0.2, -0.15) is 0 Å². The molecular weight excluding hydrogens is 1130 g/mol. The lowest BCUT2D eigenvalue weighted by Gasteiger charge is -2.10. The van der Waals surface area contributed by atoms with E-state index >= 15 is 0 Å². The van der Waals surface area contributed by atoms with Crippen molar-refractivity contribution in [3.05, 3.63) is 310 Å². The summed E-state index contributed by atoms with van der Waals surface area (Å²) in [4.78, 5) is 4.99. The van der Waals surface area contributed by atoms with Gasteiger partial charge >= 0.3 is 0 Å². The summed E-state index contributed by atoms with van der Waals surface area (Å²) in [5, 5.41) is 15.3. The van der Waals surface area contributed by atoms with Crippen molar-refractivity contribution in [2.24, 2.45) is 0 Å². The molecule has 0 fully saturated rings. The van der Waals surface area contributed by atoms with E-state index in [0.29, 0.717) is 0 Å². The SMILES string of the molecule is c1ccc(-n2c3ccccc3c3cc(-c4ccc5c(c4)c4ccccc4n5-c4cccc5c4sc4ccccc45)ccc32)cc1.c1ccc(-n2c3ccccc3c3cc(-c4ccc5c(c4)c4ccccc4n5-c4nccc5c4sc4ccccc45)ccc32)cc1. The molecule has 0 spiro atoms. The third-order valence-corrected chi connectivity index (χ3v) is 20.9. The summed E-state index contributed by atoms with van der Waals surface area (Å²) in [6.07, 6.45) is 1.95. The predicted octanol–water partition coefficient (Wildman–Crippen LogP) is 23.2. The summed E-state index contributed by atoms with van der Waals surface area (Å²) in [5.41, 5.74) is 18.1. The van der Waals surface area contributed by atoms with Gasteiger partial charge in [-0.05, 0) is 144 Å². The van der Waals surface area contributed by atoms with Crippen molar-refractivity contribution in [2.45, 2.75) is 0 Å². The molecule has 420 valence electrons. The number of pyridine rings is 1. The molecule has 90 heavy (non-hydrogen) atoms. The summed E-state index contributed by atoms with van der Waals surface area (Å²) in [6.45, 7) is 0. The van der Waals surface area contributed by atoms with Gasteiger partial charge in [0.05, 0.1) is 59.2 Å². The van der Waals surface area contributed by atoms with Crippen molar-refractivity contribution in [1.29, 1.82) is 0 Å². The lowest BCUT2D eigenvalue weighted by molar-refractivity contribution is 1.11. The van der Waals surface area contributed by atoms with E-state index in [-0.39, 0.29) is 0 Å². The van der Waals surface area contributed by atoms with Crippen molar-refractivity contribution in [3.63, 3.8) is 0 Å². The van der Waals surface area contributed by atoms with Crippen LogP contribution in [0.4, 0.5) is 0 Å². The first kappa shape index (κ1) is 50.8. The molecule has 0 saturated carbocycles. The second-order valence-corrected chi connectivity index (χ2v) is 25.5. The lowest BCUT2D eigenvalue weighted by Crippen LogP contribution is -1.97. The van der Waals surface area contributed by atoms with Crippen molar-refractivity contribution in [1.82, 2.24) is 23.3 Å². The van der Waals surface area contributed by atoms with E-state index in [0.717, 1.165) is 5.82 Å². The Morgan fingerprint density at radius 3 is 1.02 bits per heavy atom. The molecule has 5 nitrogen and oxygen atoms in total. The van der Waals surface area contributed by atoms with Gasteiger partial charge in [0, 0.05) is 91.6 Å². The number of fused-ring (bicyclic) bond motifs is 18. The maximum atomic E-state index is 4.99. The number of thiophene rings is 2. The molecule has 7 heterocycles. The van der Waals surface area contributed by atoms with Crippen LogP contribution in [0.25, 0.3) is 173 Å². The zero-order valence-electron chi connectivity index (χ0n) is 48.5. The Morgan fingerprint density at radius 1 is 0.222 bits per heavy atom. The second-order valence-electron chi connectivity index (χ2n) is 23.4. The van der Waals surface area contributed by atoms with E-state index in [1.54, 1.807) is 0 Å². The average molecular weight is 1180 g/mol. The molecule has 0 radical (unpaired) electrons. The van der Waals surface area contributed by atoms with Crippen LogP contribution in [0, 0.1) is 0 Å². The molecule has 0 aliphatic carbocycles. The Kier molecular flexibility index (Phi) is 11.3. The van der Waals surface area contributed by atoms with E-state index in [2.05, 4.69) is 322 Å².